The van der Waals surface area contributed by atoms with Crippen LogP contribution in [0.4, 0.5) is 5.69 Å². The van der Waals surface area contributed by atoms with E-state index in [9.17, 15) is 16.8 Å². The zero-order chi connectivity index (χ0) is 23.3. The van der Waals surface area contributed by atoms with Crippen LogP contribution < -0.4 is 17.2 Å². The SMILES string of the molecule is CCN(CC)S(=O)(=O)c1cc(C)c(N=C(N)N=C(N)N)cc1S(=O)(=O)N(CC)CC. The first-order valence-electron chi connectivity index (χ1n) is 9.45. The zero-order valence-corrected chi connectivity index (χ0v) is 19.6. The van der Waals surface area contributed by atoms with E-state index < -0.39 is 20.0 Å². The van der Waals surface area contributed by atoms with Crippen LogP contribution in [0.3, 0.4) is 0 Å². The van der Waals surface area contributed by atoms with Crippen LogP contribution in [0, 0.1) is 6.92 Å². The molecule has 0 unspecified atom stereocenters. The van der Waals surface area contributed by atoms with Crippen molar-refractivity contribution in [3.8, 4) is 0 Å². The molecule has 6 N–H and O–H groups in total. The highest BCUT2D eigenvalue weighted by molar-refractivity contribution is 7.92. The Morgan fingerprint density at radius 3 is 1.60 bits per heavy atom. The highest BCUT2D eigenvalue weighted by Gasteiger charge is 2.33. The smallest absolute Gasteiger partial charge is 0.244 e. The van der Waals surface area contributed by atoms with Crippen molar-refractivity contribution in [2.24, 2.45) is 27.2 Å². The van der Waals surface area contributed by atoms with Gasteiger partial charge in [0.2, 0.25) is 26.0 Å². The van der Waals surface area contributed by atoms with Gasteiger partial charge in [-0.2, -0.15) is 13.6 Å². The van der Waals surface area contributed by atoms with E-state index in [-0.39, 0.29) is 53.6 Å². The number of rotatable bonds is 9. The number of hydrogen-bond donors (Lipinski definition) is 3. The zero-order valence-electron chi connectivity index (χ0n) is 18.0. The van der Waals surface area contributed by atoms with Crippen LogP contribution in [0.1, 0.15) is 33.3 Å². The fourth-order valence-corrected chi connectivity index (χ4v) is 6.62. The number of aliphatic imine (C=N–C) groups is 2. The van der Waals surface area contributed by atoms with Gasteiger partial charge in [0.25, 0.3) is 0 Å². The van der Waals surface area contributed by atoms with Crippen molar-refractivity contribution in [1.29, 1.82) is 0 Å². The molecule has 0 fully saturated rings. The molecule has 11 nitrogen and oxygen atoms in total. The molecule has 0 aliphatic heterocycles. The average Bonchev–Trinajstić information content (AvgIpc) is 2.63. The number of aryl methyl sites for hydroxylation is 1. The standard InChI is InChI=1S/C17H31N7O4S2/c1-6-23(7-2)29(25,26)14-10-12(5)13(21-17(20)22-16(18)19)11-15(14)30(27,28)24(8-3)9-4/h10-11H,6-9H2,1-5H3,(H6,18,19,20,21,22). The van der Waals surface area contributed by atoms with Gasteiger partial charge in [0.05, 0.1) is 5.69 Å². The lowest BCUT2D eigenvalue weighted by Crippen LogP contribution is -2.35. The van der Waals surface area contributed by atoms with Crippen LogP contribution in [0.2, 0.25) is 0 Å². The van der Waals surface area contributed by atoms with E-state index in [1.165, 1.54) is 20.7 Å². The van der Waals surface area contributed by atoms with Crippen molar-refractivity contribution < 1.29 is 16.8 Å². The summed E-state index contributed by atoms with van der Waals surface area (Å²) in [5.74, 6) is -0.603. The molecule has 0 aliphatic carbocycles. The van der Waals surface area contributed by atoms with E-state index in [4.69, 9.17) is 17.2 Å². The molecule has 170 valence electrons. The van der Waals surface area contributed by atoms with E-state index in [2.05, 4.69) is 9.98 Å². The molecule has 0 aliphatic rings. The highest BCUT2D eigenvalue weighted by atomic mass is 32.2. The van der Waals surface area contributed by atoms with Gasteiger partial charge in [0, 0.05) is 26.2 Å². The molecule has 0 aromatic heterocycles. The van der Waals surface area contributed by atoms with Gasteiger partial charge in [-0.25, -0.2) is 21.8 Å². The third-order valence-electron chi connectivity index (χ3n) is 4.39. The lowest BCUT2D eigenvalue weighted by atomic mass is 10.2. The molecule has 30 heavy (non-hydrogen) atoms. The number of hydrogen-bond acceptors (Lipinski definition) is 5. The minimum absolute atomic E-state index is 0.140. The Bertz CT molecular complexity index is 1020. The fourth-order valence-electron chi connectivity index (χ4n) is 2.86. The first-order valence-corrected chi connectivity index (χ1v) is 12.3. The number of benzene rings is 1. The second-order valence-corrected chi connectivity index (χ2v) is 10.1. The fraction of sp³-hybridized carbons (Fsp3) is 0.529. The van der Waals surface area contributed by atoms with Gasteiger partial charge < -0.3 is 17.2 Å². The minimum Gasteiger partial charge on any atom is -0.370 e. The summed E-state index contributed by atoms with van der Waals surface area (Å²) >= 11 is 0. The number of nitrogens with two attached hydrogens (primary N) is 3. The van der Waals surface area contributed by atoms with Crippen molar-refractivity contribution in [2.75, 3.05) is 26.2 Å². The quantitative estimate of drug-likeness (QED) is 0.349. The molecule has 1 aromatic rings. The molecule has 0 saturated heterocycles. The van der Waals surface area contributed by atoms with Gasteiger partial charge in [-0.15, -0.1) is 0 Å². The molecular weight excluding hydrogens is 430 g/mol. The Balaban J connectivity index is 3.96. The first kappa shape index (κ1) is 25.8. The summed E-state index contributed by atoms with van der Waals surface area (Å²) in [5, 5.41) is 0. The van der Waals surface area contributed by atoms with Gasteiger partial charge in [0.15, 0.2) is 5.96 Å². The molecule has 13 heteroatoms. The summed E-state index contributed by atoms with van der Waals surface area (Å²) in [5.41, 5.74) is 16.8. The summed E-state index contributed by atoms with van der Waals surface area (Å²) < 4.78 is 55.4. The number of nitrogens with zero attached hydrogens (tertiary/aromatic N) is 4. The van der Waals surface area contributed by atoms with Gasteiger partial charge in [0.1, 0.15) is 9.79 Å². The van der Waals surface area contributed by atoms with E-state index in [1.54, 1.807) is 34.6 Å². The molecule has 0 atom stereocenters. The molecule has 0 heterocycles. The van der Waals surface area contributed by atoms with Gasteiger partial charge in [-0.05, 0) is 24.6 Å². The highest BCUT2D eigenvalue weighted by Crippen LogP contribution is 2.33. The Hall–Kier alpha value is -2.22. The van der Waals surface area contributed by atoms with E-state index in [0.29, 0.717) is 5.56 Å². The minimum atomic E-state index is -4.13. The lowest BCUT2D eigenvalue weighted by Gasteiger charge is -2.24. The average molecular weight is 462 g/mol. The Morgan fingerprint density at radius 1 is 0.833 bits per heavy atom. The number of guanidine groups is 2. The second kappa shape index (κ2) is 10.2. The molecule has 0 bridgehead atoms. The molecule has 1 rings (SSSR count). The Kier molecular flexibility index (Phi) is 8.77. The summed E-state index contributed by atoms with van der Waals surface area (Å²) in [6.45, 7) is 9.03. The van der Waals surface area contributed by atoms with Crippen LogP contribution in [0.15, 0.2) is 31.9 Å². The monoisotopic (exact) mass is 461 g/mol. The maximum atomic E-state index is 13.3. The molecule has 0 spiro atoms. The summed E-state index contributed by atoms with van der Waals surface area (Å²) in [6.07, 6.45) is 0. The topological polar surface area (TPSA) is 178 Å². The first-order chi connectivity index (χ1) is 13.9. The van der Waals surface area contributed by atoms with Crippen LogP contribution in [-0.2, 0) is 20.0 Å². The summed E-state index contributed by atoms with van der Waals surface area (Å²) in [6, 6.07) is 2.47. The summed E-state index contributed by atoms with van der Waals surface area (Å²) in [7, 11) is -8.20. The maximum Gasteiger partial charge on any atom is 0.244 e. The van der Waals surface area contributed by atoms with E-state index in [1.807, 2.05) is 0 Å². The van der Waals surface area contributed by atoms with Crippen LogP contribution in [-0.4, -0.2) is 63.5 Å². The van der Waals surface area contributed by atoms with Crippen LogP contribution >= 0.6 is 0 Å². The third-order valence-corrected chi connectivity index (χ3v) is 8.70. The van der Waals surface area contributed by atoms with Gasteiger partial charge in [-0.3, -0.25) is 0 Å². The molecule has 0 saturated carbocycles. The van der Waals surface area contributed by atoms with Gasteiger partial charge >= 0.3 is 0 Å². The Morgan fingerprint density at radius 2 is 1.23 bits per heavy atom. The molecular formula is C17H31N7O4S2. The largest absolute Gasteiger partial charge is 0.370 e. The van der Waals surface area contributed by atoms with Gasteiger partial charge in [-0.1, -0.05) is 27.7 Å². The predicted molar refractivity (Wildman–Crippen MR) is 118 cm³/mol. The summed E-state index contributed by atoms with van der Waals surface area (Å²) in [4.78, 5) is 6.98. The maximum absolute atomic E-state index is 13.3. The van der Waals surface area contributed by atoms with E-state index >= 15 is 0 Å². The van der Waals surface area contributed by atoms with Crippen molar-refractivity contribution >= 4 is 37.7 Å². The molecule has 0 radical (unpaired) electrons. The normalized spacial score (nSPS) is 13.1. The predicted octanol–water partition coefficient (Wildman–Crippen LogP) is 0.276. The second-order valence-electron chi connectivity index (χ2n) is 6.27. The lowest BCUT2D eigenvalue weighted by molar-refractivity contribution is 0.434. The van der Waals surface area contributed by atoms with E-state index in [0.717, 1.165) is 0 Å². The molecule has 0 amide bonds. The van der Waals surface area contributed by atoms with Crippen molar-refractivity contribution in [2.45, 2.75) is 44.4 Å². The van der Waals surface area contributed by atoms with Crippen molar-refractivity contribution in [3.63, 3.8) is 0 Å². The van der Waals surface area contributed by atoms with Crippen LogP contribution in [0.25, 0.3) is 0 Å². The Labute approximate surface area is 178 Å². The van der Waals surface area contributed by atoms with Crippen molar-refractivity contribution in [1.82, 2.24) is 8.61 Å². The third kappa shape index (κ3) is 5.47. The van der Waals surface area contributed by atoms with Crippen LogP contribution in [0.5, 0.6) is 0 Å². The van der Waals surface area contributed by atoms with Crippen molar-refractivity contribution in [3.05, 3.63) is 17.7 Å². The number of sulfonamides is 2. The molecule has 1 aromatic carbocycles.